The lowest BCUT2D eigenvalue weighted by Crippen LogP contribution is -2.39. The van der Waals surface area contributed by atoms with E-state index < -0.39 is 5.60 Å². The minimum absolute atomic E-state index is 0.428. The van der Waals surface area contributed by atoms with Crippen molar-refractivity contribution in [2.45, 2.75) is 51.0 Å². The van der Waals surface area contributed by atoms with Gasteiger partial charge in [-0.3, -0.25) is 0 Å². The molecule has 0 aliphatic heterocycles. The van der Waals surface area contributed by atoms with Crippen LogP contribution in [0.25, 0.3) is 0 Å². The molecule has 4 unspecified atom stereocenters. The standard InChI is InChI=1S/C12H23NO/c1-2-12(14,8-13)7-11-6-9-3-4-10(11)5-9/h9-11,14H,2-8,13H2,1H3. The van der Waals surface area contributed by atoms with Gasteiger partial charge in [0, 0.05) is 6.54 Å². The molecular weight excluding hydrogens is 174 g/mol. The minimum Gasteiger partial charge on any atom is -0.389 e. The average Bonchev–Trinajstić information content (AvgIpc) is 2.79. The van der Waals surface area contributed by atoms with Crippen molar-refractivity contribution in [2.24, 2.45) is 23.5 Å². The van der Waals surface area contributed by atoms with Crippen molar-refractivity contribution < 1.29 is 5.11 Å². The fourth-order valence-corrected chi connectivity index (χ4v) is 3.49. The molecule has 2 saturated carbocycles. The molecule has 4 atom stereocenters. The third-order valence-electron chi connectivity index (χ3n) is 4.56. The maximum atomic E-state index is 10.2. The lowest BCUT2D eigenvalue weighted by atomic mass is 9.79. The van der Waals surface area contributed by atoms with Gasteiger partial charge in [0.2, 0.25) is 0 Å². The van der Waals surface area contributed by atoms with Crippen LogP contribution in [0.1, 0.15) is 45.4 Å². The molecule has 2 fully saturated rings. The van der Waals surface area contributed by atoms with Crippen molar-refractivity contribution in [3.63, 3.8) is 0 Å². The summed E-state index contributed by atoms with van der Waals surface area (Å²) in [5, 5.41) is 10.2. The molecule has 82 valence electrons. The molecule has 0 amide bonds. The topological polar surface area (TPSA) is 46.2 Å². The van der Waals surface area contributed by atoms with Crippen LogP contribution in [0.3, 0.4) is 0 Å². The van der Waals surface area contributed by atoms with E-state index in [0.29, 0.717) is 6.54 Å². The first-order valence-electron chi connectivity index (χ1n) is 6.09. The second kappa shape index (κ2) is 3.82. The normalized spacial score (nSPS) is 40.1. The number of fused-ring (bicyclic) bond motifs is 2. The van der Waals surface area contributed by atoms with Gasteiger partial charge in [-0.1, -0.05) is 13.3 Å². The molecule has 0 aromatic rings. The van der Waals surface area contributed by atoms with Crippen LogP contribution in [-0.4, -0.2) is 17.3 Å². The minimum atomic E-state index is -0.574. The molecule has 0 aromatic heterocycles. The Morgan fingerprint density at radius 1 is 1.36 bits per heavy atom. The highest BCUT2D eigenvalue weighted by molar-refractivity contribution is 4.94. The summed E-state index contributed by atoms with van der Waals surface area (Å²) in [6, 6.07) is 0. The van der Waals surface area contributed by atoms with Gasteiger partial charge in [0.25, 0.3) is 0 Å². The zero-order chi connectivity index (χ0) is 10.2. The number of aliphatic hydroxyl groups is 1. The van der Waals surface area contributed by atoms with Crippen LogP contribution in [0.15, 0.2) is 0 Å². The molecule has 2 aliphatic rings. The summed E-state index contributed by atoms with van der Waals surface area (Å²) >= 11 is 0. The van der Waals surface area contributed by atoms with Gasteiger partial charge < -0.3 is 10.8 Å². The van der Waals surface area contributed by atoms with E-state index >= 15 is 0 Å². The third-order valence-corrected chi connectivity index (χ3v) is 4.56. The van der Waals surface area contributed by atoms with Crippen molar-refractivity contribution in [1.29, 1.82) is 0 Å². The number of hydrogen-bond donors (Lipinski definition) is 2. The summed E-state index contributed by atoms with van der Waals surface area (Å²) in [6.07, 6.45) is 7.37. The van der Waals surface area contributed by atoms with E-state index in [9.17, 15) is 5.11 Å². The van der Waals surface area contributed by atoms with Crippen molar-refractivity contribution in [2.75, 3.05) is 6.54 Å². The molecule has 2 nitrogen and oxygen atoms in total. The second-order valence-electron chi connectivity index (χ2n) is 5.42. The molecule has 0 aromatic carbocycles. The fraction of sp³-hybridized carbons (Fsp3) is 1.00. The Balaban J connectivity index is 1.91. The van der Waals surface area contributed by atoms with Gasteiger partial charge in [-0.15, -0.1) is 0 Å². The number of rotatable bonds is 4. The average molecular weight is 197 g/mol. The first kappa shape index (κ1) is 10.4. The Bertz CT molecular complexity index is 200. The Labute approximate surface area is 86.9 Å². The summed E-state index contributed by atoms with van der Waals surface area (Å²) < 4.78 is 0. The molecule has 2 aliphatic carbocycles. The predicted octanol–water partition coefficient (Wildman–Crippen LogP) is 1.91. The van der Waals surface area contributed by atoms with E-state index in [1.807, 2.05) is 6.92 Å². The maximum Gasteiger partial charge on any atom is 0.0769 e. The van der Waals surface area contributed by atoms with Crippen LogP contribution in [-0.2, 0) is 0 Å². The van der Waals surface area contributed by atoms with Gasteiger partial charge >= 0.3 is 0 Å². The van der Waals surface area contributed by atoms with Gasteiger partial charge in [0.15, 0.2) is 0 Å². The first-order valence-corrected chi connectivity index (χ1v) is 6.09. The van der Waals surface area contributed by atoms with Gasteiger partial charge in [-0.2, -0.15) is 0 Å². The van der Waals surface area contributed by atoms with Crippen LogP contribution < -0.4 is 5.73 Å². The van der Waals surface area contributed by atoms with Crippen LogP contribution in [0.5, 0.6) is 0 Å². The highest BCUT2D eigenvalue weighted by atomic mass is 16.3. The quantitative estimate of drug-likeness (QED) is 0.723. The van der Waals surface area contributed by atoms with E-state index in [1.54, 1.807) is 0 Å². The molecule has 2 heteroatoms. The highest BCUT2D eigenvalue weighted by Gasteiger charge is 2.42. The Kier molecular flexibility index (Phi) is 2.85. The van der Waals surface area contributed by atoms with E-state index in [1.165, 1.54) is 25.7 Å². The maximum absolute atomic E-state index is 10.2. The Hall–Kier alpha value is -0.0800. The monoisotopic (exact) mass is 197 g/mol. The van der Waals surface area contributed by atoms with Crippen LogP contribution >= 0.6 is 0 Å². The number of nitrogens with two attached hydrogens (primary N) is 1. The zero-order valence-electron chi connectivity index (χ0n) is 9.21. The van der Waals surface area contributed by atoms with Gasteiger partial charge in [-0.25, -0.2) is 0 Å². The van der Waals surface area contributed by atoms with Gasteiger partial charge in [-0.05, 0) is 49.9 Å². The Morgan fingerprint density at radius 2 is 2.14 bits per heavy atom. The summed E-state index contributed by atoms with van der Waals surface area (Å²) in [7, 11) is 0. The highest BCUT2D eigenvalue weighted by Crippen LogP contribution is 2.50. The third kappa shape index (κ3) is 1.82. The smallest absolute Gasteiger partial charge is 0.0769 e. The lowest BCUT2D eigenvalue weighted by Gasteiger charge is -2.32. The largest absolute Gasteiger partial charge is 0.389 e. The predicted molar refractivity (Wildman–Crippen MR) is 57.9 cm³/mol. The molecule has 0 saturated heterocycles. The Morgan fingerprint density at radius 3 is 2.57 bits per heavy atom. The van der Waals surface area contributed by atoms with E-state index in [-0.39, 0.29) is 0 Å². The molecule has 0 spiro atoms. The second-order valence-corrected chi connectivity index (χ2v) is 5.42. The molecule has 0 radical (unpaired) electrons. The molecule has 2 bridgehead atoms. The fourth-order valence-electron chi connectivity index (χ4n) is 3.49. The van der Waals surface area contributed by atoms with Crippen LogP contribution in [0.4, 0.5) is 0 Å². The summed E-state index contributed by atoms with van der Waals surface area (Å²) in [4.78, 5) is 0. The van der Waals surface area contributed by atoms with E-state index in [2.05, 4.69) is 0 Å². The van der Waals surface area contributed by atoms with Crippen LogP contribution in [0.2, 0.25) is 0 Å². The first-order chi connectivity index (χ1) is 6.67. The zero-order valence-corrected chi connectivity index (χ0v) is 9.21. The summed E-state index contributed by atoms with van der Waals surface area (Å²) in [5.74, 6) is 2.65. The summed E-state index contributed by atoms with van der Waals surface area (Å²) in [6.45, 7) is 2.47. The van der Waals surface area contributed by atoms with E-state index in [4.69, 9.17) is 5.73 Å². The van der Waals surface area contributed by atoms with Crippen LogP contribution in [0, 0.1) is 17.8 Å². The molecular formula is C12H23NO. The van der Waals surface area contributed by atoms with Gasteiger partial charge in [0.1, 0.15) is 0 Å². The molecule has 14 heavy (non-hydrogen) atoms. The van der Waals surface area contributed by atoms with E-state index in [0.717, 1.165) is 30.6 Å². The number of hydrogen-bond acceptors (Lipinski definition) is 2. The molecule has 0 heterocycles. The molecule has 2 rings (SSSR count). The van der Waals surface area contributed by atoms with Crippen molar-refractivity contribution in [1.82, 2.24) is 0 Å². The van der Waals surface area contributed by atoms with Gasteiger partial charge in [0.05, 0.1) is 5.60 Å². The SMILES string of the molecule is CCC(O)(CN)CC1CC2CCC1C2. The van der Waals surface area contributed by atoms with Crippen molar-refractivity contribution >= 4 is 0 Å². The van der Waals surface area contributed by atoms with Crippen molar-refractivity contribution in [3.8, 4) is 0 Å². The van der Waals surface area contributed by atoms with Crippen molar-refractivity contribution in [3.05, 3.63) is 0 Å². The summed E-state index contributed by atoms with van der Waals surface area (Å²) in [5.41, 5.74) is 5.07. The lowest BCUT2D eigenvalue weighted by molar-refractivity contribution is 0.0116. The molecule has 3 N–H and O–H groups in total.